The van der Waals surface area contributed by atoms with Gasteiger partial charge in [-0.2, -0.15) is 0 Å². The fourth-order valence-corrected chi connectivity index (χ4v) is 2.23. The molecule has 90 valence electrons. The highest BCUT2D eigenvalue weighted by atomic mass is 32.2. The van der Waals surface area contributed by atoms with Crippen molar-refractivity contribution in [3.05, 3.63) is 59.7 Å². The third-order valence-electron chi connectivity index (χ3n) is 2.35. The SMILES string of the molecule is O=Cc1ccc(Sc2ccc(C(=O)O)cc2)cc1. The Morgan fingerprint density at radius 2 is 1.44 bits per heavy atom. The van der Waals surface area contributed by atoms with E-state index in [-0.39, 0.29) is 5.56 Å². The Bertz CT molecular complexity index is 559. The lowest BCUT2D eigenvalue weighted by molar-refractivity contribution is 0.0696. The summed E-state index contributed by atoms with van der Waals surface area (Å²) in [5.74, 6) is -0.929. The Balaban J connectivity index is 2.12. The molecule has 0 bridgehead atoms. The van der Waals surface area contributed by atoms with E-state index in [9.17, 15) is 9.59 Å². The average molecular weight is 258 g/mol. The smallest absolute Gasteiger partial charge is 0.335 e. The zero-order chi connectivity index (χ0) is 13.0. The molecule has 18 heavy (non-hydrogen) atoms. The van der Waals surface area contributed by atoms with Gasteiger partial charge in [0.2, 0.25) is 0 Å². The zero-order valence-corrected chi connectivity index (χ0v) is 10.2. The molecule has 1 N–H and O–H groups in total. The highest BCUT2D eigenvalue weighted by Gasteiger charge is 2.02. The maximum atomic E-state index is 10.7. The van der Waals surface area contributed by atoms with E-state index < -0.39 is 5.97 Å². The molecule has 0 amide bonds. The van der Waals surface area contributed by atoms with Crippen LogP contribution in [0.4, 0.5) is 0 Å². The molecule has 0 radical (unpaired) electrons. The first-order valence-corrected chi connectivity index (χ1v) is 6.07. The Labute approximate surface area is 108 Å². The minimum atomic E-state index is -0.929. The molecule has 0 saturated carbocycles. The van der Waals surface area contributed by atoms with Gasteiger partial charge in [-0.15, -0.1) is 0 Å². The minimum Gasteiger partial charge on any atom is -0.478 e. The molecular formula is C14H10O3S. The van der Waals surface area contributed by atoms with Crippen LogP contribution in [-0.2, 0) is 0 Å². The first-order chi connectivity index (χ1) is 8.69. The van der Waals surface area contributed by atoms with Crippen LogP contribution in [0.5, 0.6) is 0 Å². The minimum absolute atomic E-state index is 0.274. The highest BCUT2D eigenvalue weighted by Crippen LogP contribution is 2.27. The maximum Gasteiger partial charge on any atom is 0.335 e. The number of rotatable bonds is 4. The number of aromatic carboxylic acids is 1. The van der Waals surface area contributed by atoms with Crippen molar-refractivity contribution in [3.63, 3.8) is 0 Å². The lowest BCUT2D eigenvalue weighted by Gasteiger charge is -2.02. The summed E-state index contributed by atoms with van der Waals surface area (Å²) >= 11 is 1.52. The summed E-state index contributed by atoms with van der Waals surface area (Å²) < 4.78 is 0. The summed E-state index contributed by atoms with van der Waals surface area (Å²) in [5, 5.41) is 8.78. The number of aldehydes is 1. The van der Waals surface area contributed by atoms with E-state index in [0.717, 1.165) is 16.1 Å². The Morgan fingerprint density at radius 1 is 0.944 bits per heavy atom. The summed E-state index contributed by atoms with van der Waals surface area (Å²) in [5.41, 5.74) is 0.913. The second kappa shape index (κ2) is 5.51. The lowest BCUT2D eigenvalue weighted by Crippen LogP contribution is -1.94. The van der Waals surface area contributed by atoms with E-state index in [1.165, 1.54) is 11.8 Å². The quantitative estimate of drug-likeness (QED) is 0.854. The van der Waals surface area contributed by atoms with E-state index in [1.54, 1.807) is 36.4 Å². The van der Waals surface area contributed by atoms with E-state index >= 15 is 0 Å². The average Bonchev–Trinajstić information content (AvgIpc) is 2.40. The molecule has 2 aromatic rings. The predicted octanol–water partition coefficient (Wildman–Crippen LogP) is 3.35. The van der Waals surface area contributed by atoms with Crippen LogP contribution in [0.1, 0.15) is 20.7 Å². The number of carbonyl (C=O) groups is 2. The summed E-state index contributed by atoms with van der Waals surface area (Å²) in [4.78, 5) is 23.2. The van der Waals surface area contributed by atoms with Crippen LogP contribution in [0.3, 0.4) is 0 Å². The van der Waals surface area contributed by atoms with Crippen LogP contribution >= 0.6 is 11.8 Å². The molecular weight excluding hydrogens is 248 g/mol. The fourth-order valence-electron chi connectivity index (χ4n) is 1.42. The van der Waals surface area contributed by atoms with Gasteiger partial charge in [-0.3, -0.25) is 4.79 Å². The van der Waals surface area contributed by atoms with Crippen molar-refractivity contribution >= 4 is 24.0 Å². The molecule has 0 unspecified atom stereocenters. The van der Waals surface area contributed by atoms with Crippen molar-refractivity contribution in [1.29, 1.82) is 0 Å². The molecule has 0 heterocycles. The molecule has 0 spiro atoms. The first kappa shape index (κ1) is 12.4. The number of hydrogen-bond acceptors (Lipinski definition) is 3. The fraction of sp³-hybridized carbons (Fsp3) is 0. The second-order valence-corrected chi connectivity index (χ2v) is 4.77. The third-order valence-corrected chi connectivity index (χ3v) is 3.37. The molecule has 0 aliphatic heterocycles. The monoisotopic (exact) mass is 258 g/mol. The van der Waals surface area contributed by atoms with E-state index in [2.05, 4.69) is 0 Å². The van der Waals surface area contributed by atoms with Gasteiger partial charge in [-0.1, -0.05) is 23.9 Å². The Hall–Kier alpha value is -2.07. The standard InChI is InChI=1S/C14H10O3S/c15-9-10-1-5-12(6-2-10)18-13-7-3-11(4-8-13)14(16)17/h1-9H,(H,16,17). The molecule has 2 aromatic carbocycles. The van der Waals surface area contributed by atoms with Gasteiger partial charge < -0.3 is 5.11 Å². The molecule has 0 atom stereocenters. The topological polar surface area (TPSA) is 54.4 Å². The van der Waals surface area contributed by atoms with Crippen molar-refractivity contribution in [3.8, 4) is 0 Å². The normalized spacial score (nSPS) is 10.0. The van der Waals surface area contributed by atoms with Crippen LogP contribution in [0, 0.1) is 0 Å². The van der Waals surface area contributed by atoms with Crippen molar-refractivity contribution in [2.45, 2.75) is 9.79 Å². The second-order valence-electron chi connectivity index (χ2n) is 3.62. The van der Waals surface area contributed by atoms with Crippen molar-refractivity contribution in [2.24, 2.45) is 0 Å². The number of benzene rings is 2. The Morgan fingerprint density at radius 3 is 1.89 bits per heavy atom. The largest absolute Gasteiger partial charge is 0.478 e. The van der Waals surface area contributed by atoms with Gasteiger partial charge >= 0.3 is 5.97 Å². The third kappa shape index (κ3) is 2.99. The predicted molar refractivity (Wildman–Crippen MR) is 69.4 cm³/mol. The van der Waals surface area contributed by atoms with E-state index in [1.807, 2.05) is 12.1 Å². The van der Waals surface area contributed by atoms with Gasteiger partial charge in [-0.05, 0) is 36.4 Å². The zero-order valence-electron chi connectivity index (χ0n) is 9.37. The number of hydrogen-bond donors (Lipinski definition) is 1. The molecule has 0 aromatic heterocycles. The number of carboxylic acid groups (broad SMARTS) is 1. The van der Waals surface area contributed by atoms with Gasteiger partial charge in [0.15, 0.2) is 0 Å². The number of carboxylic acids is 1. The van der Waals surface area contributed by atoms with Crippen LogP contribution in [0.25, 0.3) is 0 Å². The summed E-state index contributed by atoms with van der Waals surface area (Å²) in [6.45, 7) is 0. The van der Waals surface area contributed by atoms with Gasteiger partial charge in [0, 0.05) is 15.4 Å². The van der Waals surface area contributed by atoms with Gasteiger partial charge in [0.1, 0.15) is 6.29 Å². The number of carbonyl (C=O) groups excluding carboxylic acids is 1. The lowest BCUT2D eigenvalue weighted by atomic mass is 10.2. The van der Waals surface area contributed by atoms with Crippen molar-refractivity contribution < 1.29 is 14.7 Å². The van der Waals surface area contributed by atoms with Crippen LogP contribution in [0.15, 0.2) is 58.3 Å². The molecule has 0 aliphatic carbocycles. The Kier molecular flexibility index (Phi) is 3.79. The molecule has 0 saturated heterocycles. The van der Waals surface area contributed by atoms with Gasteiger partial charge in [-0.25, -0.2) is 4.79 Å². The molecule has 2 rings (SSSR count). The van der Waals surface area contributed by atoms with Crippen molar-refractivity contribution in [1.82, 2.24) is 0 Å². The van der Waals surface area contributed by atoms with Crippen molar-refractivity contribution in [2.75, 3.05) is 0 Å². The molecule has 0 aliphatic rings. The van der Waals surface area contributed by atoms with Crippen LogP contribution in [-0.4, -0.2) is 17.4 Å². The molecule has 4 heteroatoms. The molecule has 3 nitrogen and oxygen atoms in total. The first-order valence-electron chi connectivity index (χ1n) is 5.25. The van der Waals surface area contributed by atoms with E-state index in [4.69, 9.17) is 5.11 Å². The van der Waals surface area contributed by atoms with Gasteiger partial charge in [0.05, 0.1) is 5.56 Å². The summed E-state index contributed by atoms with van der Waals surface area (Å²) in [6, 6.07) is 13.9. The molecule has 0 fully saturated rings. The highest BCUT2D eigenvalue weighted by molar-refractivity contribution is 7.99. The summed E-state index contributed by atoms with van der Waals surface area (Å²) in [7, 11) is 0. The van der Waals surface area contributed by atoms with Gasteiger partial charge in [0.25, 0.3) is 0 Å². The van der Waals surface area contributed by atoms with Crippen LogP contribution in [0.2, 0.25) is 0 Å². The van der Waals surface area contributed by atoms with E-state index in [0.29, 0.717) is 5.56 Å². The summed E-state index contributed by atoms with van der Waals surface area (Å²) in [6.07, 6.45) is 0.802. The maximum absolute atomic E-state index is 10.7. The van der Waals surface area contributed by atoms with Crippen LogP contribution < -0.4 is 0 Å².